The summed E-state index contributed by atoms with van der Waals surface area (Å²) < 4.78 is 7.18. The quantitative estimate of drug-likeness (QED) is 0.899. The average Bonchev–Trinajstić information content (AvgIpc) is 3.04. The summed E-state index contributed by atoms with van der Waals surface area (Å²) in [6.07, 6.45) is 1.06. The number of amides is 1. The van der Waals surface area contributed by atoms with Gasteiger partial charge in [0.05, 0.1) is 24.9 Å². The molecule has 0 radical (unpaired) electrons. The highest BCUT2D eigenvalue weighted by Crippen LogP contribution is 2.30. The number of benzene rings is 1. The molecule has 8 heteroatoms. The molecule has 0 aliphatic carbocycles. The zero-order chi connectivity index (χ0) is 18.0. The molecule has 1 unspecified atom stereocenters. The molecule has 1 aromatic heterocycles. The van der Waals surface area contributed by atoms with Gasteiger partial charge in [0.1, 0.15) is 12.6 Å². The maximum absolute atomic E-state index is 12.8. The van der Waals surface area contributed by atoms with Gasteiger partial charge in [0, 0.05) is 0 Å². The predicted octanol–water partition coefficient (Wildman–Crippen LogP) is 1.35. The van der Waals surface area contributed by atoms with Gasteiger partial charge in [-0.1, -0.05) is 35.5 Å². The van der Waals surface area contributed by atoms with Crippen molar-refractivity contribution in [3.8, 4) is 0 Å². The van der Waals surface area contributed by atoms with Crippen LogP contribution in [0.25, 0.3) is 0 Å². The molecule has 1 saturated heterocycles. The van der Waals surface area contributed by atoms with Gasteiger partial charge >= 0.3 is 5.97 Å². The van der Waals surface area contributed by atoms with Crippen molar-refractivity contribution < 1.29 is 19.4 Å². The number of carbonyl (C=O) groups is 2. The minimum absolute atomic E-state index is 0.0643. The Labute approximate surface area is 145 Å². The largest absolute Gasteiger partial charge is 0.476 e. The van der Waals surface area contributed by atoms with Crippen molar-refractivity contribution in [1.29, 1.82) is 0 Å². The highest BCUT2D eigenvalue weighted by Gasteiger charge is 2.38. The van der Waals surface area contributed by atoms with E-state index >= 15 is 0 Å². The maximum Gasteiger partial charge on any atom is 0.358 e. The highest BCUT2D eigenvalue weighted by atomic mass is 16.5. The summed E-state index contributed by atoms with van der Waals surface area (Å²) in [6.45, 7) is 4.66. The SMILES string of the molecule is CC1(C)COC(c2ccccc2)CN1C(=O)Cn1cc(C(=O)O)nn1. The van der Waals surface area contributed by atoms with Gasteiger partial charge in [0.2, 0.25) is 5.91 Å². The molecule has 1 N–H and O–H groups in total. The van der Waals surface area contributed by atoms with E-state index in [2.05, 4.69) is 10.3 Å². The number of carboxylic acid groups (broad SMARTS) is 1. The van der Waals surface area contributed by atoms with Crippen molar-refractivity contribution in [3.05, 3.63) is 47.8 Å². The molecular weight excluding hydrogens is 324 g/mol. The summed E-state index contributed by atoms with van der Waals surface area (Å²) >= 11 is 0. The van der Waals surface area contributed by atoms with Gasteiger partial charge < -0.3 is 14.7 Å². The van der Waals surface area contributed by atoms with Gasteiger partial charge in [0.25, 0.3) is 0 Å². The summed E-state index contributed by atoms with van der Waals surface area (Å²) in [7, 11) is 0. The Bertz CT molecular complexity index is 772. The highest BCUT2D eigenvalue weighted by molar-refractivity contribution is 5.84. The van der Waals surface area contributed by atoms with Crippen LogP contribution in [0.4, 0.5) is 0 Å². The Balaban J connectivity index is 1.75. The van der Waals surface area contributed by atoms with Gasteiger partial charge in [-0.3, -0.25) is 4.79 Å². The number of hydrogen-bond acceptors (Lipinski definition) is 5. The van der Waals surface area contributed by atoms with Crippen LogP contribution in [0, 0.1) is 0 Å². The Morgan fingerprint density at radius 2 is 2.04 bits per heavy atom. The first-order valence-electron chi connectivity index (χ1n) is 7.97. The predicted molar refractivity (Wildman–Crippen MR) is 87.9 cm³/mol. The van der Waals surface area contributed by atoms with Gasteiger partial charge in [-0.25, -0.2) is 9.48 Å². The molecule has 0 spiro atoms. The number of morpholine rings is 1. The zero-order valence-electron chi connectivity index (χ0n) is 14.1. The Morgan fingerprint density at radius 1 is 1.32 bits per heavy atom. The molecular formula is C17H20N4O4. The van der Waals surface area contributed by atoms with Crippen molar-refractivity contribution in [2.24, 2.45) is 0 Å². The summed E-state index contributed by atoms with van der Waals surface area (Å²) in [6, 6.07) is 9.76. The molecule has 3 rings (SSSR count). The van der Waals surface area contributed by atoms with Crippen LogP contribution >= 0.6 is 0 Å². The zero-order valence-corrected chi connectivity index (χ0v) is 14.1. The van der Waals surface area contributed by atoms with E-state index in [1.165, 1.54) is 10.9 Å². The molecule has 0 bridgehead atoms. The van der Waals surface area contributed by atoms with Gasteiger partial charge in [-0.05, 0) is 19.4 Å². The maximum atomic E-state index is 12.8. The second kappa shape index (κ2) is 6.64. The summed E-state index contributed by atoms with van der Waals surface area (Å²) in [4.78, 5) is 25.4. The van der Waals surface area contributed by atoms with Crippen LogP contribution in [0.1, 0.15) is 36.0 Å². The lowest BCUT2D eigenvalue weighted by molar-refractivity contribution is -0.155. The number of rotatable bonds is 4. The number of ether oxygens (including phenoxy) is 1. The molecule has 1 fully saturated rings. The molecule has 1 aliphatic heterocycles. The number of hydrogen-bond donors (Lipinski definition) is 1. The smallest absolute Gasteiger partial charge is 0.358 e. The van der Waals surface area contributed by atoms with Crippen molar-refractivity contribution in [1.82, 2.24) is 19.9 Å². The third-order valence-electron chi connectivity index (χ3n) is 4.24. The fraction of sp³-hybridized carbons (Fsp3) is 0.412. The van der Waals surface area contributed by atoms with Gasteiger partial charge in [0.15, 0.2) is 5.69 Å². The van der Waals surface area contributed by atoms with Crippen LogP contribution in [0.15, 0.2) is 36.5 Å². The van der Waals surface area contributed by atoms with Crippen molar-refractivity contribution in [2.45, 2.75) is 32.0 Å². The third-order valence-corrected chi connectivity index (χ3v) is 4.24. The third kappa shape index (κ3) is 3.69. The van der Waals surface area contributed by atoms with E-state index in [9.17, 15) is 9.59 Å². The van der Waals surface area contributed by atoms with Gasteiger partial charge in [-0.2, -0.15) is 0 Å². The molecule has 1 aliphatic rings. The van der Waals surface area contributed by atoms with E-state index in [4.69, 9.17) is 9.84 Å². The van der Waals surface area contributed by atoms with E-state index in [0.717, 1.165) is 5.56 Å². The molecule has 1 amide bonds. The van der Waals surface area contributed by atoms with Crippen LogP contribution in [0.5, 0.6) is 0 Å². The molecule has 0 saturated carbocycles. The molecule has 1 atom stereocenters. The number of nitrogens with zero attached hydrogens (tertiary/aromatic N) is 4. The molecule has 132 valence electrons. The average molecular weight is 344 g/mol. The lowest BCUT2D eigenvalue weighted by atomic mass is 9.98. The first-order valence-corrected chi connectivity index (χ1v) is 7.97. The minimum Gasteiger partial charge on any atom is -0.476 e. The number of aromatic nitrogens is 3. The Morgan fingerprint density at radius 3 is 2.68 bits per heavy atom. The summed E-state index contributed by atoms with van der Waals surface area (Å²) in [5.41, 5.74) is 0.374. The number of aromatic carboxylic acids is 1. The van der Waals surface area contributed by atoms with Gasteiger partial charge in [-0.15, -0.1) is 5.10 Å². The number of carboxylic acids is 1. The fourth-order valence-electron chi connectivity index (χ4n) is 2.85. The van der Waals surface area contributed by atoms with E-state index in [1.54, 1.807) is 4.90 Å². The fourth-order valence-corrected chi connectivity index (χ4v) is 2.85. The second-order valence-electron chi connectivity index (χ2n) is 6.63. The normalized spacial score (nSPS) is 19.6. The minimum atomic E-state index is -1.17. The Kier molecular flexibility index (Phi) is 4.54. The van der Waals surface area contributed by atoms with Crippen molar-refractivity contribution in [2.75, 3.05) is 13.2 Å². The lowest BCUT2D eigenvalue weighted by Crippen LogP contribution is -2.57. The molecule has 2 heterocycles. The van der Waals surface area contributed by atoms with E-state index < -0.39 is 11.5 Å². The topological polar surface area (TPSA) is 97.5 Å². The summed E-state index contributed by atoms with van der Waals surface area (Å²) in [5.74, 6) is -1.33. The molecule has 1 aromatic carbocycles. The molecule has 8 nitrogen and oxygen atoms in total. The summed E-state index contributed by atoms with van der Waals surface area (Å²) in [5, 5.41) is 16.1. The lowest BCUT2D eigenvalue weighted by Gasteiger charge is -2.45. The van der Waals surface area contributed by atoms with Crippen LogP contribution < -0.4 is 0 Å². The first-order chi connectivity index (χ1) is 11.9. The first kappa shape index (κ1) is 17.1. The van der Waals surface area contributed by atoms with E-state index in [0.29, 0.717) is 13.2 Å². The van der Waals surface area contributed by atoms with Crippen molar-refractivity contribution in [3.63, 3.8) is 0 Å². The standard InChI is InChI=1S/C17H20N4O4/c1-17(2)11-25-14(12-6-4-3-5-7-12)9-21(17)15(22)10-20-8-13(16(23)24)18-19-20/h3-8,14H,9-11H2,1-2H3,(H,23,24). The van der Waals surface area contributed by atoms with Crippen molar-refractivity contribution >= 4 is 11.9 Å². The van der Waals surface area contributed by atoms with E-state index in [-0.39, 0.29) is 24.2 Å². The number of carbonyl (C=O) groups excluding carboxylic acids is 1. The molecule has 25 heavy (non-hydrogen) atoms. The van der Waals surface area contributed by atoms with Crippen LogP contribution in [0.2, 0.25) is 0 Å². The molecule has 2 aromatic rings. The van der Waals surface area contributed by atoms with E-state index in [1.807, 2.05) is 44.2 Å². The second-order valence-corrected chi connectivity index (χ2v) is 6.63. The monoisotopic (exact) mass is 344 g/mol. The van der Waals surface area contributed by atoms with Crippen LogP contribution in [0.3, 0.4) is 0 Å². The van der Waals surface area contributed by atoms with Crippen LogP contribution in [-0.4, -0.2) is 55.6 Å². The van der Waals surface area contributed by atoms with Crippen LogP contribution in [-0.2, 0) is 16.1 Å². The Hall–Kier alpha value is -2.74.